The molecule has 1 aromatic carbocycles. The third-order valence-electron chi connectivity index (χ3n) is 3.93. The average Bonchev–Trinajstić information content (AvgIpc) is 2.68. The molecule has 104 valence electrons. The van der Waals surface area contributed by atoms with Crippen molar-refractivity contribution in [2.24, 2.45) is 5.92 Å². The van der Waals surface area contributed by atoms with Gasteiger partial charge in [0.2, 0.25) is 5.91 Å². The molecule has 0 spiro atoms. The summed E-state index contributed by atoms with van der Waals surface area (Å²) in [5.74, 6) is 0.587. The SMILES string of the molecule is CCN(C(=O)C1CCCCCC1)c1cccc(O)c1. The van der Waals surface area contributed by atoms with Crippen molar-refractivity contribution in [3.8, 4) is 5.75 Å². The number of carbonyl (C=O) groups is 1. The molecule has 1 fully saturated rings. The largest absolute Gasteiger partial charge is 0.508 e. The van der Waals surface area contributed by atoms with Gasteiger partial charge in [0.25, 0.3) is 0 Å². The van der Waals surface area contributed by atoms with Gasteiger partial charge in [0, 0.05) is 24.2 Å². The smallest absolute Gasteiger partial charge is 0.230 e. The van der Waals surface area contributed by atoms with E-state index in [-0.39, 0.29) is 17.6 Å². The van der Waals surface area contributed by atoms with Gasteiger partial charge >= 0.3 is 0 Å². The molecule has 1 aliphatic carbocycles. The van der Waals surface area contributed by atoms with Crippen LogP contribution >= 0.6 is 0 Å². The van der Waals surface area contributed by atoms with E-state index in [9.17, 15) is 9.90 Å². The van der Waals surface area contributed by atoms with E-state index in [2.05, 4.69) is 0 Å². The first-order chi connectivity index (χ1) is 9.22. The second-order valence-corrected chi connectivity index (χ2v) is 5.29. The quantitative estimate of drug-likeness (QED) is 0.842. The molecule has 1 saturated carbocycles. The highest BCUT2D eigenvalue weighted by molar-refractivity contribution is 5.95. The van der Waals surface area contributed by atoms with E-state index in [1.54, 1.807) is 23.1 Å². The Hall–Kier alpha value is -1.51. The van der Waals surface area contributed by atoms with Gasteiger partial charge in [0.05, 0.1) is 0 Å². The number of hydrogen-bond acceptors (Lipinski definition) is 2. The summed E-state index contributed by atoms with van der Waals surface area (Å²) in [4.78, 5) is 14.4. The normalized spacial score (nSPS) is 16.9. The monoisotopic (exact) mass is 261 g/mol. The molecule has 1 aromatic rings. The molecule has 0 heterocycles. The summed E-state index contributed by atoms with van der Waals surface area (Å²) in [6, 6.07) is 6.97. The lowest BCUT2D eigenvalue weighted by molar-refractivity contribution is -0.122. The zero-order chi connectivity index (χ0) is 13.7. The van der Waals surface area contributed by atoms with E-state index >= 15 is 0 Å². The van der Waals surface area contributed by atoms with Crippen LogP contribution in [0.4, 0.5) is 5.69 Å². The number of hydrogen-bond donors (Lipinski definition) is 1. The zero-order valence-corrected chi connectivity index (χ0v) is 11.6. The number of carbonyl (C=O) groups excluding carboxylic acids is 1. The van der Waals surface area contributed by atoms with Crippen LogP contribution in [0.1, 0.15) is 45.4 Å². The molecular formula is C16H23NO2. The molecule has 2 rings (SSSR count). The van der Waals surface area contributed by atoms with Crippen LogP contribution in [0.25, 0.3) is 0 Å². The van der Waals surface area contributed by atoms with E-state index in [0.29, 0.717) is 6.54 Å². The summed E-state index contributed by atoms with van der Waals surface area (Å²) in [6.45, 7) is 2.64. The molecule has 0 saturated heterocycles. The Balaban J connectivity index is 2.14. The van der Waals surface area contributed by atoms with Gasteiger partial charge in [0.1, 0.15) is 5.75 Å². The lowest BCUT2D eigenvalue weighted by Gasteiger charge is -2.26. The highest BCUT2D eigenvalue weighted by atomic mass is 16.3. The van der Waals surface area contributed by atoms with Crippen LogP contribution < -0.4 is 4.90 Å². The molecule has 0 unspecified atom stereocenters. The first-order valence-corrected chi connectivity index (χ1v) is 7.32. The number of rotatable bonds is 3. The van der Waals surface area contributed by atoms with E-state index in [1.807, 2.05) is 13.0 Å². The molecule has 3 nitrogen and oxygen atoms in total. The fourth-order valence-corrected chi connectivity index (χ4v) is 2.87. The molecule has 1 aliphatic rings. The zero-order valence-electron chi connectivity index (χ0n) is 11.6. The van der Waals surface area contributed by atoms with Gasteiger partial charge < -0.3 is 10.0 Å². The van der Waals surface area contributed by atoms with Crippen molar-refractivity contribution in [3.05, 3.63) is 24.3 Å². The summed E-state index contributed by atoms with van der Waals surface area (Å²) >= 11 is 0. The lowest BCUT2D eigenvalue weighted by Crippen LogP contribution is -2.36. The minimum Gasteiger partial charge on any atom is -0.508 e. The summed E-state index contributed by atoms with van der Waals surface area (Å²) in [6.07, 6.45) is 6.84. The Morgan fingerprint density at radius 2 is 1.95 bits per heavy atom. The van der Waals surface area contributed by atoms with Crippen molar-refractivity contribution in [3.63, 3.8) is 0 Å². The van der Waals surface area contributed by atoms with E-state index < -0.39 is 0 Å². The van der Waals surface area contributed by atoms with E-state index in [1.165, 1.54) is 12.8 Å². The number of phenols is 1. The third kappa shape index (κ3) is 3.49. The minimum atomic E-state index is 0.157. The molecule has 0 aromatic heterocycles. The predicted octanol–water partition coefficient (Wildman–Crippen LogP) is 3.72. The van der Waals surface area contributed by atoms with Crippen LogP contribution in [0.3, 0.4) is 0 Å². The number of phenolic OH excluding ortho intramolecular Hbond substituents is 1. The number of aromatic hydroxyl groups is 1. The van der Waals surface area contributed by atoms with Crippen molar-refractivity contribution in [1.29, 1.82) is 0 Å². The van der Waals surface area contributed by atoms with Crippen LogP contribution in [-0.2, 0) is 4.79 Å². The molecule has 1 amide bonds. The van der Waals surface area contributed by atoms with Crippen molar-refractivity contribution < 1.29 is 9.90 Å². The topological polar surface area (TPSA) is 40.5 Å². The minimum absolute atomic E-state index is 0.157. The number of nitrogens with zero attached hydrogens (tertiary/aromatic N) is 1. The van der Waals surface area contributed by atoms with Gasteiger partial charge in [-0.3, -0.25) is 4.79 Å². The Kier molecular flexibility index (Phi) is 4.83. The van der Waals surface area contributed by atoms with Crippen molar-refractivity contribution >= 4 is 11.6 Å². The second kappa shape index (κ2) is 6.60. The summed E-state index contributed by atoms with van der Waals surface area (Å²) in [5.41, 5.74) is 0.803. The van der Waals surface area contributed by atoms with Gasteiger partial charge in [-0.25, -0.2) is 0 Å². The molecule has 3 heteroatoms. The van der Waals surface area contributed by atoms with E-state index in [4.69, 9.17) is 0 Å². The molecule has 0 radical (unpaired) electrons. The van der Waals surface area contributed by atoms with Gasteiger partial charge in [0.15, 0.2) is 0 Å². The predicted molar refractivity (Wildman–Crippen MR) is 77.3 cm³/mol. The van der Waals surface area contributed by atoms with Crippen LogP contribution in [0, 0.1) is 5.92 Å². The lowest BCUT2D eigenvalue weighted by atomic mass is 9.98. The maximum Gasteiger partial charge on any atom is 0.230 e. The Bertz CT molecular complexity index is 423. The van der Waals surface area contributed by atoms with Crippen molar-refractivity contribution in [1.82, 2.24) is 0 Å². The average molecular weight is 261 g/mol. The highest BCUT2D eigenvalue weighted by Crippen LogP contribution is 2.28. The molecule has 0 bridgehead atoms. The molecular weight excluding hydrogens is 238 g/mol. The van der Waals surface area contributed by atoms with E-state index in [0.717, 1.165) is 31.4 Å². The Morgan fingerprint density at radius 3 is 2.53 bits per heavy atom. The van der Waals surface area contributed by atoms with Crippen LogP contribution in [0.15, 0.2) is 24.3 Å². The van der Waals surface area contributed by atoms with Crippen molar-refractivity contribution in [2.75, 3.05) is 11.4 Å². The molecule has 19 heavy (non-hydrogen) atoms. The number of amides is 1. The third-order valence-corrected chi connectivity index (χ3v) is 3.93. The first kappa shape index (κ1) is 13.9. The summed E-state index contributed by atoms with van der Waals surface area (Å²) < 4.78 is 0. The Labute approximate surface area is 115 Å². The Morgan fingerprint density at radius 1 is 1.26 bits per heavy atom. The fourth-order valence-electron chi connectivity index (χ4n) is 2.87. The molecule has 0 aliphatic heterocycles. The van der Waals surface area contributed by atoms with Crippen LogP contribution in [-0.4, -0.2) is 17.6 Å². The standard InChI is InChI=1S/C16H23NO2/c1-2-17(14-10-7-11-15(18)12-14)16(19)13-8-5-3-4-6-9-13/h7,10-13,18H,2-6,8-9H2,1H3. The second-order valence-electron chi connectivity index (χ2n) is 5.29. The summed E-state index contributed by atoms with van der Waals surface area (Å²) in [7, 11) is 0. The van der Waals surface area contributed by atoms with Gasteiger partial charge in [-0.05, 0) is 31.9 Å². The number of benzene rings is 1. The number of anilines is 1. The van der Waals surface area contributed by atoms with Crippen molar-refractivity contribution in [2.45, 2.75) is 45.4 Å². The van der Waals surface area contributed by atoms with Crippen LogP contribution in [0.2, 0.25) is 0 Å². The highest BCUT2D eigenvalue weighted by Gasteiger charge is 2.25. The van der Waals surface area contributed by atoms with Gasteiger partial charge in [-0.2, -0.15) is 0 Å². The molecule has 1 N–H and O–H groups in total. The summed E-state index contributed by atoms with van der Waals surface area (Å²) in [5, 5.41) is 9.56. The maximum atomic E-state index is 12.6. The van der Waals surface area contributed by atoms with Gasteiger partial charge in [-0.1, -0.05) is 31.7 Å². The maximum absolute atomic E-state index is 12.6. The molecule has 0 atom stereocenters. The van der Waals surface area contributed by atoms with Gasteiger partial charge in [-0.15, -0.1) is 0 Å². The fraction of sp³-hybridized carbons (Fsp3) is 0.562. The first-order valence-electron chi connectivity index (χ1n) is 7.32. The van der Waals surface area contributed by atoms with Crippen LogP contribution in [0.5, 0.6) is 5.75 Å².